The van der Waals surface area contributed by atoms with E-state index in [0.717, 1.165) is 11.3 Å². The fourth-order valence-electron chi connectivity index (χ4n) is 2.90. The smallest absolute Gasteiger partial charge is 0.234 e. The van der Waals surface area contributed by atoms with Gasteiger partial charge in [-0.05, 0) is 43.8 Å². The lowest BCUT2D eigenvalue weighted by Crippen LogP contribution is -2.38. The summed E-state index contributed by atoms with van der Waals surface area (Å²) < 4.78 is 30.0. The number of carbonyl (C=O) groups is 1. The quantitative estimate of drug-likeness (QED) is 0.754. The molecule has 0 saturated carbocycles. The number of hydrogen-bond donors (Lipinski definition) is 1. The van der Waals surface area contributed by atoms with Gasteiger partial charge in [-0.25, -0.2) is 4.39 Å². The molecule has 1 aliphatic rings. The minimum Gasteiger partial charge on any atom is -0.489 e. The van der Waals surface area contributed by atoms with Gasteiger partial charge in [-0.15, -0.1) is 0 Å². The summed E-state index contributed by atoms with van der Waals surface area (Å²) in [6.07, 6.45) is 0. The first kappa shape index (κ1) is 19.9. The first-order chi connectivity index (χ1) is 13.5. The van der Waals surface area contributed by atoms with Crippen molar-refractivity contribution in [1.82, 2.24) is 10.2 Å². The summed E-state index contributed by atoms with van der Waals surface area (Å²) in [7, 11) is 1.82. The molecule has 7 heteroatoms. The van der Waals surface area contributed by atoms with Gasteiger partial charge in [0.25, 0.3) is 0 Å². The second-order valence-corrected chi connectivity index (χ2v) is 6.71. The van der Waals surface area contributed by atoms with E-state index < -0.39 is 5.82 Å². The van der Waals surface area contributed by atoms with Gasteiger partial charge in [0.2, 0.25) is 5.91 Å². The zero-order valence-corrected chi connectivity index (χ0v) is 16.1. The Kier molecular flexibility index (Phi) is 6.71. The largest absolute Gasteiger partial charge is 0.489 e. The van der Waals surface area contributed by atoms with E-state index in [4.69, 9.17) is 14.2 Å². The molecule has 0 aliphatic carbocycles. The molecule has 0 saturated heterocycles. The maximum atomic E-state index is 13.5. The molecule has 1 amide bonds. The van der Waals surface area contributed by atoms with Gasteiger partial charge in [0.1, 0.15) is 19.8 Å². The van der Waals surface area contributed by atoms with Crippen LogP contribution in [0, 0.1) is 5.82 Å². The van der Waals surface area contributed by atoms with Crippen molar-refractivity contribution in [1.29, 1.82) is 0 Å². The molecule has 0 spiro atoms. The van der Waals surface area contributed by atoms with Crippen molar-refractivity contribution < 1.29 is 23.4 Å². The highest BCUT2D eigenvalue weighted by Gasteiger charge is 2.16. The summed E-state index contributed by atoms with van der Waals surface area (Å²) in [5.41, 5.74) is 0.947. The second kappa shape index (κ2) is 9.41. The third-order valence-electron chi connectivity index (χ3n) is 4.42. The van der Waals surface area contributed by atoms with E-state index in [2.05, 4.69) is 5.32 Å². The normalized spacial score (nSPS) is 13.9. The Morgan fingerprint density at radius 1 is 1.21 bits per heavy atom. The third-order valence-corrected chi connectivity index (χ3v) is 4.42. The van der Waals surface area contributed by atoms with Crippen molar-refractivity contribution in [2.75, 3.05) is 40.0 Å². The Morgan fingerprint density at radius 3 is 2.75 bits per heavy atom. The zero-order valence-electron chi connectivity index (χ0n) is 16.1. The van der Waals surface area contributed by atoms with Crippen LogP contribution in [0.25, 0.3) is 0 Å². The van der Waals surface area contributed by atoms with Gasteiger partial charge in [0.05, 0.1) is 12.6 Å². The number of para-hydroxylation sites is 1. The number of ether oxygens (including phenoxy) is 3. The molecule has 1 atom stereocenters. The Morgan fingerprint density at radius 2 is 1.96 bits per heavy atom. The highest BCUT2D eigenvalue weighted by molar-refractivity contribution is 5.78. The molecule has 6 nitrogen and oxygen atoms in total. The summed E-state index contributed by atoms with van der Waals surface area (Å²) in [4.78, 5) is 14.1. The van der Waals surface area contributed by atoms with Crippen LogP contribution in [-0.4, -0.2) is 50.8 Å². The Balaban J connectivity index is 1.43. The monoisotopic (exact) mass is 388 g/mol. The molecule has 150 valence electrons. The van der Waals surface area contributed by atoms with Gasteiger partial charge in [-0.1, -0.05) is 18.2 Å². The number of amides is 1. The number of nitrogens with one attached hydrogen (secondary N) is 1. The second-order valence-electron chi connectivity index (χ2n) is 6.71. The lowest BCUT2D eigenvalue weighted by atomic mass is 10.1. The molecular formula is C21H25FN2O4. The van der Waals surface area contributed by atoms with Crippen molar-refractivity contribution >= 4 is 5.91 Å². The molecule has 1 aliphatic heterocycles. The Bertz CT molecular complexity index is 815. The molecule has 0 aromatic heterocycles. The van der Waals surface area contributed by atoms with Crippen LogP contribution in [0.1, 0.15) is 18.5 Å². The number of hydrogen-bond acceptors (Lipinski definition) is 5. The molecular weight excluding hydrogens is 363 g/mol. The predicted molar refractivity (Wildman–Crippen MR) is 103 cm³/mol. The third kappa shape index (κ3) is 5.36. The van der Waals surface area contributed by atoms with Crippen LogP contribution in [0.15, 0.2) is 42.5 Å². The number of rotatable bonds is 8. The average molecular weight is 388 g/mol. The molecule has 2 aromatic rings. The van der Waals surface area contributed by atoms with Crippen LogP contribution < -0.4 is 19.5 Å². The molecule has 0 fully saturated rings. The first-order valence-corrected chi connectivity index (χ1v) is 9.27. The van der Waals surface area contributed by atoms with E-state index in [1.807, 2.05) is 37.1 Å². The van der Waals surface area contributed by atoms with E-state index >= 15 is 0 Å². The maximum Gasteiger partial charge on any atom is 0.234 e. The molecule has 1 N–H and O–H groups in total. The fraction of sp³-hybridized carbons (Fsp3) is 0.381. The van der Waals surface area contributed by atoms with Gasteiger partial charge < -0.3 is 19.5 Å². The van der Waals surface area contributed by atoms with Gasteiger partial charge in [0.15, 0.2) is 23.1 Å². The number of carbonyl (C=O) groups excluding carboxylic acids is 1. The number of likely N-dealkylation sites (N-methyl/N-ethyl adjacent to an activating group) is 1. The predicted octanol–water partition coefficient (Wildman–Crippen LogP) is 2.78. The van der Waals surface area contributed by atoms with Crippen molar-refractivity contribution in [2.45, 2.75) is 13.0 Å². The highest BCUT2D eigenvalue weighted by atomic mass is 19.1. The maximum absolute atomic E-state index is 13.5. The topological polar surface area (TPSA) is 60.0 Å². The van der Waals surface area contributed by atoms with Crippen LogP contribution in [0.3, 0.4) is 0 Å². The molecule has 2 aromatic carbocycles. The van der Waals surface area contributed by atoms with Gasteiger partial charge in [-0.3, -0.25) is 9.69 Å². The van der Waals surface area contributed by atoms with Crippen LogP contribution in [0.4, 0.5) is 4.39 Å². The lowest BCUT2D eigenvalue weighted by Gasteiger charge is -2.22. The minimum absolute atomic E-state index is 0.101. The molecule has 0 unspecified atom stereocenters. The molecule has 0 radical (unpaired) electrons. The summed E-state index contributed by atoms with van der Waals surface area (Å²) >= 11 is 0. The van der Waals surface area contributed by atoms with Crippen LogP contribution in [-0.2, 0) is 4.79 Å². The van der Waals surface area contributed by atoms with E-state index in [1.54, 1.807) is 18.2 Å². The number of benzene rings is 2. The lowest BCUT2D eigenvalue weighted by molar-refractivity contribution is -0.122. The zero-order chi connectivity index (χ0) is 19.9. The van der Waals surface area contributed by atoms with Crippen LogP contribution in [0.5, 0.6) is 17.2 Å². The molecule has 3 rings (SSSR count). The highest BCUT2D eigenvalue weighted by Crippen LogP contribution is 2.32. The number of nitrogens with zero attached hydrogens (tertiary/aromatic N) is 1. The van der Waals surface area contributed by atoms with E-state index in [1.165, 1.54) is 6.07 Å². The molecule has 1 heterocycles. The summed E-state index contributed by atoms with van der Waals surface area (Å²) in [6, 6.07) is 11.8. The summed E-state index contributed by atoms with van der Waals surface area (Å²) in [5.74, 6) is 1.15. The van der Waals surface area contributed by atoms with Gasteiger partial charge in [0, 0.05) is 6.54 Å². The summed E-state index contributed by atoms with van der Waals surface area (Å²) in [6.45, 7) is 4.01. The van der Waals surface area contributed by atoms with Crippen molar-refractivity contribution in [3.8, 4) is 17.2 Å². The SMILES string of the molecule is C[C@@H](NC(=O)CN(C)CCOc1ccccc1F)c1ccc2c(c1)OCCO2. The Hall–Kier alpha value is -2.80. The van der Waals surface area contributed by atoms with E-state index in [9.17, 15) is 9.18 Å². The van der Waals surface area contributed by atoms with Crippen molar-refractivity contribution in [3.05, 3.63) is 53.8 Å². The van der Waals surface area contributed by atoms with Crippen LogP contribution >= 0.6 is 0 Å². The minimum atomic E-state index is -0.392. The van der Waals surface area contributed by atoms with Gasteiger partial charge in [-0.2, -0.15) is 0 Å². The number of halogens is 1. The average Bonchev–Trinajstić information content (AvgIpc) is 2.69. The standard InChI is InChI=1S/C21H25FN2O4/c1-15(16-7-8-19-20(13-16)28-12-11-27-19)23-21(25)14-24(2)9-10-26-18-6-4-3-5-17(18)22/h3-8,13,15H,9-12,14H2,1-2H3,(H,23,25)/t15-/m1/s1. The van der Waals surface area contributed by atoms with Crippen molar-refractivity contribution in [3.63, 3.8) is 0 Å². The van der Waals surface area contributed by atoms with Crippen LogP contribution in [0.2, 0.25) is 0 Å². The first-order valence-electron chi connectivity index (χ1n) is 9.27. The van der Waals surface area contributed by atoms with E-state index in [0.29, 0.717) is 32.1 Å². The number of fused-ring (bicyclic) bond motifs is 1. The summed E-state index contributed by atoms with van der Waals surface area (Å²) in [5, 5.41) is 2.97. The van der Waals surface area contributed by atoms with E-state index in [-0.39, 0.29) is 24.2 Å². The van der Waals surface area contributed by atoms with Crippen molar-refractivity contribution in [2.24, 2.45) is 0 Å². The molecule has 28 heavy (non-hydrogen) atoms. The molecule has 0 bridgehead atoms. The fourth-order valence-corrected chi connectivity index (χ4v) is 2.90. The Labute approximate surface area is 164 Å². The van der Waals surface area contributed by atoms with Gasteiger partial charge >= 0.3 is 0 Å².